The lowest BCUT2D eigenvalue weighted by Crippen LogP contribution is -2.50. The first-order chi connectivity index (χ1) is 8.31. The van der Waals surface area contributed by atoms with Gasteiger partial charge >= 0.3 is 0 Å². The number of fused-ring (bicyclic) bond motifs is 1. The number of carbonyl (C=O) groups is 1. The van der Waals surface area contributed by atoms with Gasteiger partial charge in [-0.25, -0.2) is 0 Å². The number of rotatable bonds is 5. The molecule has 2 rings (SSSR count). The fourth-order valence-corrected chi connectivity index (χ4v) is 3.16. The van der Waals surface area contributed by atoms with E-state index in [0.717, 1.165) is 25.8 Å². The lowest BCUT2D eigenvalue weighted by atomic mass is 9.89. The van der Waals surface area contributed by atoms with Crippen molar-refractivity contribution in [2.75, 3.05) is 6.54 Å². The minimum Gasteiger partial charge on any atom is -0.300 e. The number of Topliss-reactive ketones (excluding diaryl/α,β-unsaturated/α-hetero) is 1. The van der Waals surface area contributed by atoms with Gasteiger partial charge in [-0.1, -0.05) is 44.8 Å². The van der Waals surface area contributed by atoms with E-state index in [2.05, 4.69) is 24.0 Å². The van der Waals surface area contributed by atoms with E-state index in [1.807, 2.05) is 0 Å². The molecule has 2 heterocycles. The summed E-state index contributed by atoms with van der Waals surface area (Å²) in [4.78, 5) is 14.3. The maximum Gasteiger partial charge on any atom is 0.136 e. The summed E-state index contributed by atoms with van der Waals surface area (Å²) in [5.41, 5.74) is 0. The SMILES string of the molecule is CCCCCC[C@H]1CC(=O)C[C@@H]2C=CCCN12. The molecule has 0 amide bonds. The lowest BCUT2D eigenvalue weighted by Gasteiger charge is -2.42. The van der Waals surface area contributed by atoms with E-state index in [0.29, 0.717) is 17.9 Å². The molecule has 1 fully saturated rings. The van der Waals surface area contributed by atoms with Gasteiger partial charge in [0, 0.05) is 31.5 Å². The molecule has 2 aliphatic heterocycles. The Morgan fingerprint density at radius 3 is 3.00 bits per heavy atom. The standard InChI is InChI=1S/C15H25NO/c1-2-3-4-5-8-13-11-15(17)12-14-9-6-7-10-16(13)14/h6,9,13-14H,2-5,7-8,10-12H2,1H3/t13-,14-/m0/s1. The Bertz CT molecular complexity index is 285. The second kappa shape index (κ2) is 6.34. The molecular formula is C15H25NO. The maximum atomic E-state index is 11.8. The van der Waals surface area contributed by atoms with E-state index in [9.17, 15) is 4.79 Å². The third-order valence-corrected chi connectivity index (χ3v) is 4.10. The minimum absolute atomic E-state index is 0.418. The van der Waals surface area contributed by atoms with E-state index in [-0.39, 0.29) is 0 Å². The van der Waals surface area contributed by atoms with Crippen LogP contribution in [-0.2, 0) is 4.79 Å². The van der Waals surface area contributed by atoms with Crippen LogP contribution in [0.1, 0.15) is 58.3 Å². The third kappa shape index (κ3) is 3.41. The van der Waals surface area contributed by atoms with Crippen LogP contribution < -0.4 is 0 Å². The summed E-state index contributed by atoms with van der Waals surface area (Å²) in [6, 6.07) is 0.948. The molecule has 2 nitrogen and oxygen atoms in total. The second-order valence-corrected chi connectivity index (χ2v) is 5.47. The van der Waals surface area contributed by atoms with E-state index in [1.54, 1.807) is 0 Å². The molecule has 0 unspecified atom stereocenters. The van der Waals surface area contributed by atoms with Crippen molar-refractivity contribution in [2.24, 2.45) is 0 Å². The van der Waals surface area contributed by atoms with Crippen LogP contribution in [0.3, 0.4) is 0 Å². The molecule has 0 radical (unpaired) electrons. The molecule has 0 bridgehead atoms. The Hall–Kier alpha value is -0.630. The van der Waals surface area contributed by atoms with Crippen LogP contribution in [0, 0.1) is 0 Å². The number of carbonyl (C=O) groups excluding carboxylic acids is 1. The molecule has 2 atom stereocenters. The monoisotopic (exact) mass is 235 g/mol. The predicted octanol–water partition coefficient (Wildman–Crippen LogP) is 3.32. The number of nitrogens with zero attached hydrogens (tertiary/aromatic N) is 1. The number of hydrogen-bond donors (Lipinski definition) is 0. The summed E-state index contributed by atoms with van der Waals surface area (Å²) < 4.78 is 0. The summed E-state index contributed by atoms with van der Waals surface area (Å²) in [6.07, 6.45) is 13.7. The molecule has 0 spiro atoms. The first-order valence-electron chi connectivity index (χ1n) is 7.25. The number of piperidine rings is 1. The largest absolute Gasteiger partial charge is 0.300 e. The van der Waals surface area contributed by atoms with Crippen LogP contribution in [-0.4, -0.2) is 29.3 Å². The van der Waals surface area contributed by atoms with E-state index < -0.39 is 0 Å². The Morgan fingerprint density at radius 1 is 1.29 bits per heavy atom. The van der Waals surface area contributed by atoms with Gasteiger partial charge in [0.25, 0.3) is 0 Å². The third-order valence-electron chi connectivity index (χ3n) is 4.10. The average molecular weight is 235 g/mol. The zero-order valence-corrected chi connectivity index (χ0v) is 11.0. The van der Waals surface area contributed by atoms with Crippen molar-refractivity contribution in [1.82, 2.24) is 4.90 Å². The summed E-state index contributed by atoms with van der Waals surface area (Å²) in [7, 11) is 0. The molecule has 17 heavy (non-hydrogen) atoms. The zero-order chi connectivity index (χ0) is 12.1. The fraction of sp³-hybridized carbons (Fsp3) is 0.800. The van der Waals surface area contributed by atoms with Gasteiger partial charge in [-0.15, -0.1) is 0 Å². The van der Waals surface area contributed by atoms with Crippen molar-refractivity contribution in [3.8, 4) is 0 Å². The number of ketones is 1. The van der Waals surface area contributed by atoms with Crippen molar-refractivity contribution in [1.29, 1.82) is 0 Å². The zero-order valence-electron chi connectivity index (χ0n) is 11.0. The van der Waals surface area contributed by atoms with Gasteiger partial charge in [0.15, 0.2) is 0 Å². The highest BCUT2D eigenvalue weighted by atomic mass is 16.1. The van der Waals surface area contributed by atoms with Crippen LogP contribution >= 0.6 is 0 Å². The fourth-order valence-electron chi connectivity index (χ4n) is 3.16. The van der Waals surface area contributed by atoms with Crippen LogP contribution in [0.5, 0.6) is 0 Å². The van der Waals surface area contributed by atoms with Gasteiger partial charge in [0.05, 0.1) is 0 Å². The molecule has 0 saturated carbocycles. The highest BCUT2D eigenvalue weighted by Crippen LogP contribution is 2.27. The molecule has 1 saturated heterocycles. The van der Waals surface area contributed by atoms with Crippen LogP contribution in [0.25, 0.3) is 0 Å². The highest BCUT2D eigenvalue weighted by Gasteiger charge is 2.33. The summed E-state index contributed by atoms with van der Waals surface area (Å²) in [6.45, 7) is 3.41. The Balaban J connectivity index is 1.86. The normalized spacial score (nSPS) is 29.4. The van der Waals surface area contributed by atoms with Gasteiger partial charge in [-0.2, -0.15) is 0 Å². The minimum atomic E-state index is 0.418. The molecule has 96 valence electrons. The van der Waals surface area contributed by atoms with Crippen molar-refractivity contribution in [3.63, 3.8) is 0 Å². The Kier molecular flexibility index (Phi) is 4.78. The molecule has 2 heteroatoms. The first-order valence-corrected chi connectivity index (χ1v) is 7.25. The van der Waals surface area contributed by atoms with Gasteiger partial charge in [-0.3, -0.25) is 9.69 Å². The Labute approximate surface area is 105 Å². The molecule has 0 N–H and O–H groups in total. The van der Waals surface area contributed by atoms with Crippen LogP contribution in [0.4, 0.5) is 0 Å². The van der Waals surface area contributed by atoms with Gasteiger partial charge in [0.2, 0.25) is 0 Å². The van der Waals surface area contributed by atoms with E-state index >= 15 is 0 Å². The average Bonchev–Trinajstić information content (AvgIpc) is 2.34. The molecule has 2 aliphatic rings. The molecule has 0 aliphatic carbocycles. The summed E-state index contributed by atoms with van der Waals surface area (Å²) in [5.74, 6) is 0.471. The number of hydrogen-bond acceptors (Lipinski definition) is 2. The topological polar surface area (TPSA) is 20.3 Å². The van der Waals surface area contributed by atoms with Crippen molar-refractivity contribution < 1.29 is 4.79 Å². The summed E-state index contributed by atoms with van der Waals surface area (Å²) in [5, 5.41) is 0. The van der Waals surface area contributed by atoms with Crippen molar-refractivity contribution >= 4 is 5.78 Å². The molecule has 0 aromatic rings. The second-order valence-electron chi connectivity index (χ2n) is 5.47. The molecular weight excluding hydrogens is 210 g/mol. The first kappa shape index (κ1) is 12.8. The summed E-state index contributed by atoms with van der Waals surface area (Å²) >= 11 is 0. The molecule has 0 aromatic heterocycles. The van der Waals surface area contributed by atoms with Gasteiger partial charge < -0.3 is 0 Å². The molecule has 0 aromatic carbocycles. The van der Waals surface area contributed by atoms with E-state index in [1.165, 1.54) is 32.1 Å². The lowest BCUT2D eigenvalue weighted by molar-refractivity contribution is -0.124. The van der Waals surface area contributed by atoms with Crippen molar-refractivity contribution in [2.45, 2.75) is 70.4 Å². The number of unbranched alkanes of at least 4 members (excludes halogenated alkanes) is 3. The van der Waals surface area contributed by atoms with Gasteiger partial charge in [0.1, 0.15) is 5.78 Å². The highest BCUT2D eigenvalue weighted by molar-refractivity contribution is 5.80. The maximum absolute atomic E-state index is 11.8. The quantitative estimate of drug-likeness (QED) is 0.538. The van der Waals surface area contributed by atoms with Crippen LogP contribution in [0.15, 0.2) is 12.2 Å². The smallest absolute Gasteiger partial charge is 0.136 e. The van der Waals surface area contributed by atoms with Crippen LogP contribution in [0.2, 0.25) is 0 Å². The van der Waals surface area contributed by atoms with Crippen molar-refractivity contribution in [3.05, 3.63) is 12.2 Å². The van der Waals surface area contributed by atoms with E-state index in [4.69, 9.17) is 0 Å². The Morgan fingerprint density at radius 2 is 2.18 bits per heavy atom. The predicted molar refractivity (Wildman–Crippen MR) is 71.0 cm³/mol. The van der Waals surface area contributed by atoms with Gasteiger partial charge in [-0.05, 0) is 12.8 Å².